The van der Waals surface area contributed by atoms with Crippen LogP contribution in [0.1, 0.15) is 17.4 Å². The van der Waals surface area contributed by atoms with E-state index < -0.39 is 21.2 Å². The summed E-state index contributed by atoms with van der Waals surface area (Å²) in [6.45, 7) is 1.76. The lowest BCUT2D eigenvalue weighted by atomic mass is 10.3. The number of hydrogen-bond donors (Lipinski definition) is 1. The third-order valence-corrected chi connectivity index (χ3v) is 5.79. The number of thiophene rings is 1. The van der Waals surface area contributed by atoms with Gasteiger partial charge in [0.1, 0.15) is 0 Å². The van der Waals surface area contributed by atoms with Crippen LogP contribution >= 0.6 is 11.3 Å². The summed E-state index contributed by atoms with van der Waals surface area (Å²) in [4.78, 5) is 12.2. The number of ether oxygens (including phenoxy) is 1. The molecular weight excluding hydrogens is 312 g/mol. The normalized spacial score (nSPS) is 12.6. The van der Waals surface area contributed by atoms with Crippen molar-refractivity contribution in [3.63, 3.8) is 0 Å². The highest BCUT2D eigenvalue weighted by atomic mass is 32.2. The fraction of sp³-hybridized carbons (Fsp3) is 0.462. The first-order valence-electron chi connectivity index (χ1n) is 6.12. The monoisotopic (exact) mass is 330 g/mol. The van der Waals surface area contributed by atoms with Crippen molar-refractivity contribution >= 4 is 27.3 Å². The smallest absolute Gasteiger partial charge is 0.325 e. The second kappa shape index (κ2) is 7.56. The Morgan fingerprint density at radius 3 is 2.81 bits per heavy atom. The summed E-state index contributed by atoms with van der Waals surface area (Å²) in [5, 5.41) is 0.603. The minimum absolute atomic E-state index is 0.179. The quantitative estimate of drug-likeness (QED) is 0.623. The average Bonchev–Trinajstić information content (AvgIpc) is 2.90. The highest BCUT2D eigenvalue weighted by Gasteiger charge is 2.32. The molecule has 0 saturated carbocycles. The van der Waals surface area contributed by atoms with Gasteiger partial charge in [-0.1, -0.05) is 11.8 Å². The number of carbonyl (C=O) groups excluding carboxylic acids is 1. The Balaban J connectivity index is 2.83. The van der Waals surface area contributed by atoms with Gasteiger partial charge in [-0.15, -0.1) is 11.3 Å². The van der Waals surface area contributed by atoms with Gasteiger partial charge in [-0.05, 0) is 13.0 Å². The van der Waals surface area contributed by atoms with Gasteiger partial charge in [0.25, 0.3) is 0 Å². The van der Waals surface area contributed by atoms with Crippen LogP contribution in [0.25, 0.3) is 0 Å². The predicted molar refractivity (Wildman–Crippen MR) is 82.1 cm³/mol. The van der Waals surface area contributed by atoms with E-state index in [-0.39, 0.29) is 13.1 Å². The highest BCUT2D eigenvalue weighted by molar-refractivity contribution is 7.90. The summed E-state index contributed by atoms with van der Waals surface area (Å²) in [6.07, 6.45) is 0. The summed E-state index contributed by atoms with van der Waals surface area (Å²) in [7, 11) is -1.15. The molecule has 21 heavy (non-hydrogen) atoms. The van der Waals surface area contributed by atoms with E-state index in [4.69, 9.17) is 5.73 Å². The SMILES string of the molecule is COC(=O)C(C)S(=O)(=O)N(C)Cc1cc(C#CCN)cs1. The Kier molecular flexibility index (Phi) is 6.36. The first kappa shape index (κ1) is 17.7. The zero-order valence-corrected chi connectivity index (χ0v) is 13.8. The molecule has 1 aromatic heterocycles. The largest absolute Gasteiger partial charge is 0.468 e. The Hall–Kier alpha value is -1.40. The molecule has 1 aromatic rings. The van der Waals surface area contributed by atoms with Gasteiger partial charge in [0.2, 0.25) is 10.0 Å². The lowest BCUT2D eigenvalue weighted by molar-refractivity contribution is -0.139. The topological polar surface area (TPSA) is 89.7 Å². The molecule has 0 saturated heterocycles. The highest BCUT2D eigenvalue weighted by Crippen LogP contribution is 2.18. The molecule has 0 aliphatic carbocycles. The van der Waals surface area contributed by atoms with Crippen molar-refractivity contribution in [1.82, 2.24) is 4.31 Å². The van der Waals surface area contributed by atoms with Gasteiger partial charge in [0.05, 0.1) is 13.7 Å². The third kappa shape index (κ3) is 4.54. The van der Waals surface area contributed by atoms with Crippen LogP contribution in [0.3, 0.4) is 0 Å². The Labute approximate surface area is 128 Å². The van der Waals surface area contributed by atoms with Gasteiger partial charge in [0, 0.05) is 29.4 Å². The van der Waals surface area contributed by atoms with Crippen molar-refractivity contribution in [3.05, 3.63) is 21.9 Å². The van der Waals surface area contributed by atoms with Crippen molar-refractivity contribution in [2.45, 2.75) is 18.7 Å². The Morgan fingerprint density at radius 2 is 2.24 bits per heavy atom. The standard InChI is InChI=1S/C13H18N2O4S2/c1-10(13(16)19-3)21(17,18)15(2)8-12-7-11(9-20-12)5-4-6-14/h7,9-10H,6,8,14H2,1-3H3. The number of esters is 1. The third-order valence-electron chi connectivity index (χ3n) is 2.78. The maximum absolute atomic E-state index is 12.2. The van der Waals surface area contributed by atoms with Gasteiger partial charge in [-0.25, -0.2) is 8.42 Å². The van der Waals surface area contributed by atoms with Crippen LogP contribution in [0.2, 0.25) is 0 Å². The summed E-state index contributed by atoms with van der Waals surface area (Å²) in [5.41, 5.74) is 6.09. The molecule has 1 unspecified atom stereocenters. The summed E-state index contributed by atoms with van der Waals surface area (Å²) >= 11 is 1.40. The average molecular weight is 330 g/mol. The number of hydrogen-bond acceptors (Lipinski definition) is 6. The van der Waals surface area contributed by atoms with Crippen LogP contribution in [0, 0.1) is 11.8 Å². The van der Waals surface area contributed by atoms with Gasteiger partial charge >= 0.3 is 5.97 Å². The zero-order chi connectivity index (χ0) is 16.0. The molecule has 116 valence electrons. The van der Waals surface area contributed by atoms with Crippen molar-refractivity contribution in [2.75, 3.05) is 20.7 Å². The predicted octanol–water partition coefficient (Wildman–Crippen LogP) is 0.381. The van der Waals surface area contributed by atoms with E-state index in [1.54, 1.807) is 0 Å². The molecule has 8 heteroatoms. The van der Waals surface area contributed by atoms with Crippen LogP contribution in [0.5, 0.6) is 0 Å². The van der Waals surface area contributed by atoms with Gasteiger partial charge in [-0.2, -0.15) is 4.31 Å². The van der Waals surface area contributed by atoms with Crippen LogP contribution in [0.4, 0.5) is 0 Å². The van der Waals surface area contributed by atoms with E-state index >= 15 is 0 Å². The van der Waals surface area contributed by atoms with E-state index in [0.717, 1.165) is 21.9 Å². The molecule has 1 atom stereocenters. The van der Waals surface area contributed by atoms with E-state index in [0.29, 0.717) is 0 Å². The van der Waals surface area contributed by atoms with Gasteiger partial charge in [-0.3, -0.25) is 4.79 Å². The van der Waals surface area contributed by atoms with Crippen LogP contribution in [-0.2, 0) is 26.1 Å². The molecular formula is C13H18N2O4S2. The Bertz CT molecular complexity index is 655. The van der Waals surface area contributed by atoms with Crippen LogP contribution < -0.4 is 5.73 Å². The fourth-order valence-electron chi connectivity index (χ4n) is 1.55. The maximum Gasteiger partial charge on any atom is 0.325 e. The molecule has 1 heterocycles. The van der Waals surface area contributed by atoms with Gasteiger partial charge < -0.3 is 10.5 Å². The molecule has 0 radical (unpaired) electrons. The number of rotatable bonds is 5. The molecule has 0 bridgehead atoms. The Morgan fingerprint density at radius 1 is 1.57 bits per heavy atom. The van der Waals surface area contributed by atoms with E-state index in [2.05, 4.69) is 16.6 Å². The second-order valence-corrected chi connectivity index (χ2v) is 7.63. The summed E-state index contributed by atoms with van der Waals surface area (Å²) in [6, 6.07) is 1.81. The minimum atomic E-state index is -3.75. The van der Waals surface area contributed by atoms with E-state index in [1.807, 2.05) is 11.4 Å². The first-order valence-corrected chi connectivity index (χ1v) is 8.50. The number of methoxy groups -OCH3 is 1. The summed E-state index contributed by atoms with van der Waals surface area (Å²) < 4.78 is 30.0. The van der Waals surface area contributed by atoms with E-state index in [9.17, 15) is 13.2 Å². The fourth-order valence-corrected chi connectivity index (χ4v) is 3.70. The van der Waals surface area contributed by atoms with Crippen LogP contribution in [-0.4, -0.2) is 44.6 Å². The van der Waals surface area contributed by atoms with Crippen molar-refractivity contribution in [3.8, 4) is 11.8 Å². The number of nitrogens with two attached hydrogens (primary N) is 1. The van der Waals surface area contributed by atoms with E-state index in [1.165, 1.54) is 25.3 Å². The molecule has 2 N–H and O–H groups in total. The molecule has 0 aromatic carbocycles. The van der Waals surface area contributed by atoms with Crippen molar-refractivity contribution in [1.29, 1.82) is 0 Å². The number of carbonyl (C=O) groups is 1. The molecule has 0 aliphatic heterocycles. The van der Waals surface area contributed by atoms with Crippen molar-refractivity contribution < 1.29 is 17.9 Å². The lowest BCUT2D eigenvalue weighted by Crippen LogP contribution is -2.39. The molecule has 6 nitrogen and oxygen atoms in total. The minimum Gasteiger partial charge on any atom is -0.468 e. The maximum atomic E-state index is 12.2. The van der Waals surface area contributed by atoms with Crippen LogP contribution in [0.15, 0.2) is 11.4 Å². The zero-order valence-electron chi connectivity index (χ0n) is 12.1. The molecule has 0 spiro atoms. The molecule has 0 amide bonds. The molecule has 0 fully saturated rings. The van der Waals surface area contributed by atoms with Gasteiger partial charge in [0.15, 0.2) is 5.25 Å². The molecule has 1 rings (SSSR count). The second-order valence-electron chi connectivity index (χ2n) is 4.27. The van der Waals surface area contributed by atoms with Crippen molar-refractivity contribution in [2.24, 2.45) is 5.73 Å². The number of nitrogens with zero attached hydrogens (tertiary/aromatic N) is 1. The number of sulfonamides is 1. The lowest BCUT2D eigenvalue weighted by Gasteiger charge is -2.19. The summed E-state index contributed by atoms with van der Waals surface area (Å²) in [5.74, 6) is 4.84. The first-order chi connectivity index (χ1) is 9.82. The molecule has 0 aliphatic rings.